The Labute approximate surface area is 115 Å². The van der Waals surface area contributed by atoms with Crippen molar-refractivity contribution in [3.05, 3.63) is 23.7 Å². The molecule has 1 aromatic heterocycles. The normalized spacial score (nSPS) is 10.9. The molecule has 0 aromatic carbocycles. The summed E-state index contributed by atoms with van der Waals surface area (Å²) in [6.45, 7) is 9.01. The quantitative estimate of drug-likeness (QED) is 0.860. The van der Waals surface area contributed by atoms with Crippen molar-refractivity contribution in [2.45, 2.75) is 26.4 Å². The molecule has 0 aliphatic heterocycles. The van der Waals surface area contributed by atoms with E-state index in [1.54, 1.807) is 20.8 Å². The van der Waals surface area contributed by atoms with Gasteiger partial charge in [0.05, 0.1) is 6.20 Å². The van der Waals surface area contributed by atoms with Crippen molar-refractivity contribution < 1.29 is 19.4 Å². The number of hydrogen-bond donors (Lipinski definition) is 1. The van der Waals surface area contributed by atoms with Crippen LogP contribution in [0.2, 0.25) is 0 Å². The van der Waals surface area contributed by atoms with Crippen molar-refractivity contribution >= 4 is 28.5 Å². The maximum atomic E-state index is 12.0. The summed E-state index contributed by atoms with van der Waals surface area (Å²) in [5.74, 6) is -1.08. The van der Waals surface area contributed by atoms with Gasteiger partial charge in [0.25, 0.3) is 0 Å². The second-order valence-electron chi connectivity index (χ2n) is 4.69. The Morgan fingerprint density at radius 2 is 2.21 bits per heavy atom. The molecule has 1 amide bonds. The molecule has 7 heteroatoms. The van der Waals surface area contributed by atoms with E-state index in [1.165, 1.54) is 17.2 Å². The van der Waals surface area contributed by atoms with Crippen molar-refractivity contribution in [1.29, 1.82) is 0 Å². The summed E-state index contributed by atoms with van der Waals surface area (Å²) in [6.07, 6.45) is 2.15. The van der Waals surface area contributed by atoms with Crippen LogP contribution >= 0.6 is 11.3 Å². The molecular formula is C12H16N2O4S. The lowest BCUT2D eigenvalue weighted by molar-refractivity contribution is 0.0583. The van der Waals surface area contributed by atoms with E-state index >= 15 is 0 Å². The summed E-state index contributed by atoms with van der Waals surface area (Å²) in [5, 5.41) is 9.12. The predicted octanol–water partition coefficient (Wildman–Crippen LogP) is 2.77. The number of carbonyl (C=O) groups excluding carboxylic acids is 1. The maximum absolute atomic E-state index is 12.0. The zero-order valence-corrected chi connectivity index (χ0v) is 11.9. The number of anilines is 1. The Hall–Kier alpha value is -1.89. The monoisotopic (exact) mass is 284 g/mol. The summed E-state index contributed by atoms with van der Waals surface area (Å²) in [7, 11) is 0. The van der Waals surface area contributed by atoms with Crippen LogP contribution in [0.1, 0.15) is 30.4 Å². The van der Waals surface area contributed by atoms with Crippen LogP contribution in [0.3, 0.4) is 0 Å². The van der Waals surface area contributed by atoms with Crippen molar-refractivity contribution in [3.8, 4) is 0 Å². The summed E-state index contributed by atoms with van der Waals surface area (Å²) < 4.78 is 5.24. The molecule has 0 radical (unpaired) electrons. The van der Waals surface area contributed by atoms with Gasteiger partial charge in [-0.25, -0.2) is 19.5 Å². The predicted molar refractivity (Wildman–Crippen MR) is 72.9 cm³/mol. The van der Waals surface area contributed by atoms with E-state index in [9.17, 15) is 9.59 Å². The summed E-state index contributed by atoms with van der Waals surface area (Å²) >= 11 is 0.910. The molecule has 1 aromatic rings. The smallest absolute Gasteiger partial charge is 0.416 e. The standard InChI is InChI=1S/C12H16N2O4S/c1-5-6-14(11(17)18-12(2,3)4)10-13-7-8(19-10)9(15)16/h5,7H,1,6H2,2-4H3,(H,15,16). The Bertz CT molecular complexity index is 490. The van der Waals surface area contributed by atoms with E-state index in [2.05, 4.69) is 11.6 Å². The van der Waals surface area contributed by atoms with Crippen molar-refractivity contribution in [2.75, 3.05) is 11.4 Å². The zero-order valence-electron chi connectivity index (χ0n) is 11.0. The first-order valence-electron chi connectivity index (χ1n) is 5.55. The van der Waals surface area contributed by atoms with Crippen LogP contribution in [-0.4, -0.2) is 34.3 Å². The van der Waals surface area contributed by atoms with Gasteiger partial charge in [-0.2, -0.15) is 0 Å². The number of carbonyl (C=O) groups is 2. The number of carboxylic acids is 1. The van der Waals surface area contributed by atoms with Gasteiger partial charge in [0.1, 0.15) is 10.5 Å². The Kier molecular flexibility index (Phi) is 4.66. The molecule has 0 aliphatic rings. The third kappa shape index (κ3) is 4.36. The van der Waals surface area contributed by atoms with Gasteiger partial charge in [-0.1, -0.05) is 17.4 Å². The first-order valence-corrected chi connectivity index (χ1v) is 6.37. The molecule has 0 spiro atoms. The second-order valence-corrected chi connectivity index (χ2v) is 5.70. The van der Waals surface area contributed by atoms with Crippen LogP contribution in [0.15, 0.2) is 18.9 Å². The van der Waals surface area contributed by atoms with Crippen LogP contribution in [0.5, 0.6) is 0 Å². The fourth-order valence-corrected chi connectivity index (χ4v) is 1.92. The second kappa shape index (κ2) is 5.83. The molecule has 0 atom stereocenters. The number of aromatic carboxylic acids is 1. The molecule has 0 saturated heterocycles. The average Bonchev–Trinajstić information content (AvgIpc) is 2.72. The largest absolute Gasteiger partial charge is 0.477 e. The lowest BCUT2D eigenvalue weighted by atomic mass is 10.2. The van der Waals surface area contributed by atoms with Crippen LogP contribution in [0.4, 0.5) is 9.93 Å². The molecule has 0 bridgehead atoms. The summed E-state index contributed by atoms with van der Waals surface area (Å²) in [4.78, 5) is 28.0. The van der Waals surface area contributed by atoms with Crippen molar-refractivity contribution in [3.63, 3.8) is 0 Å². The molecule has 1 heterocycles. The number of carboxylic acid groups (broad SMARTS) is 1. The third-order valence-electron chi connectivity index (χ3n) is 1.86. The molecule has 6 nitrogen and oxygen atoms in total. The minimum absolute atomic E-state index is 0.0626. The zero-order chi connectivity index (χ0) is 14.6. The number of nitrogens with zero attached hydrogens (tertiary/aromatic N) is 2. The number of hydrogen-bond acceptors (Lipinski definition) is 5. The van der Waals surface area contributed by atoms with Gasteiger partial charge >= 0.3 is 12.1 Å². The molecule has 104 valence electrons. The average molecular weight is 284 g/mol. The van der Waals surface area contributed by atoms with E-state index in [4.69, 9.17) is 9.84 Å². The molecule has 1 N–H and O–H groups in total. The summed E-state index contributed by atoms with van der Waals surface area (Å²) in [5.41, 5.74) is -0.636. The lowest BCUT2D eigenvalue weighted by Gasteiger charge is -2.24. The Morgan fingerprint density at radius 3 is 2.63 bits per heavy atom. The van der Waals surface area contributed by atoms with E-state index < -0.39 is 17.7 Å². The molecule has 1 rings (SSSR count). The number of amides is 1. The van der Waals surface area contributed by atoms with Crippen LogP contribution < -0.4 is 4.90 Å². The Balaban J connectivity index is 2.95. The highest BCUT2D eigenvalue weighted by atomic mass is 32.1. The highest BCUT2D eigenvalue weighted by Crippen LogP contribution is 2.24. The molecule has 0 saturated carbocycles. The number of thiazole rings is 1. The van der Waals surface area contributed by atoms with E-state index in [0.717, 1.165) is 11.3 Å². The minimum Gasteiger partial charge on any atom is -0.477 e. The van der Waals surface area contributed by atoms with Gasteiger partial charge in [-0.15, -0.1) is 6.58 Å². The molecular weight excluding hydrogens is 268 g/mol. The minimum atomic E-state index is -1.08. The highest BCUT2D eigenvalue weighted by Gasteiger charge is 2.25. The Morgan fingerprint density at radius 1 is 1.58 bits per heavy atom. The number of aromatic nitrogens is 1. The van der Waals surface area contributed by atoms with Gasteiger partial charge in [0.2, 0.25) is 0 Å². The molecule has 0 unspecified atom stereocenters. The molecule has 19 heavy (non-hydrogen) atoms. The fourth-order valence-electron chi connectivity index (χ4n) is 1.17. The third-order valence-corrected chi connectivity index (χ3v) is 2.87. The van der Waals surface area contributed by atoms with E-state index in [1.807, 2.05) is 0 Å². The SMILES string of the molecule is C=CCN(C(=O)OC(C)(C)C)c1ncc(C(=O)O)s1. The van der Waals surface area contributed by atoms with Crippen molar-refractivity contribution in [1.82, 2.24) is 4.98 Å². The van der Waals surface area contributed by atoms with Crippen LogP contribution in [0, 0.1) is 0 Å². The molecule has 0 fully saturated rings. The van der Waals surface area contributed by atoms with Crippen molar-refractivity contribution in [2.24, 2.45) is 0 Å². The highest BCUT2D eigenvalue weighted by molar-refractivity contribution is 7.17. The molecule has 0 aliphatic carbocycles. The topological polar surface area (TPSA) is 79.7 Å². The van der Waals surface area contributed by atoms with E-state index in [0.29, 0.717) is 0 Å². The van der Waals surface area contributed by atoms with Crippen LogP contribution in [-0.2, 0) is 4.74 Å². The first kappa shape index (κ1) is 15.2. The van der Waals surface area contributed by atoms with Gasteiger partial charge in [0, 0.05) is 6.54 Å². The van der Waals surface area contributed by atoms with Crippen LogP contribution in [0.25, 0.3) is 0 Å². The van der Waals surface area contributed by atoms with E-state index in [-0.39, 0.29) is 16.6 Å². The first-order chi connectivity index (χ1) is 8.74. The van der Waals surface area contributed by atoms with Gasteiger partial charge in [-0.05, 0) is 20.8 Å². The van der Waals surface area contributed by atoms with Gasteiger partial charge < -0.3 is 9.84 Å². The summed E-state index contributed by atoms with van der Waals surface area (Å²) in [6, 6.07) is 0. The fraction of sp³-hybridized carbons (Fsp3) is 0.417. The lowest BCUT2D eigenvalue weighted by Crippen LogP contribution is -2.36. The van der Waals surface area contributed by atoms with Gasteiger partial charge in [0.15, 0.2) is 5.13 Å². The number of rotatable bonds is 4. The van der Waals surface area contributed by atoms with Gasteiger partial charge in [-0.3, -0.25) is 0 Å². The number of ether oxygens (including phenoxy) is 1. The maximum Gasteiger partial charge on any atom is 0.416 e.